The van der Waals surface area contributed by atoms with E-state index in [-0.39, 0.29) is 13.6 Å². The molecule has 0 unspecified atom stereocenters. The van der Waals surface area contributed by atoms with Crippen molar-refractivity contribution in [2.24, 2.45) is 0 Å². The molecular weight excluding hydrogens is 232 g/mol. The number of hydrogen-bond acceptors (Lipinski definition) is 4. The molecule has 0 spiro atoms. The van der Waals surface area contributed by atoms with Crippen LogP contribution < -0.4 is 9.47 Å². The maximum Gasteiger partial charge on any atom is 0.188 e. The molecule has 4 heteroatoms. The highest BCUT2D eigenvalue weighted by atomic mass is 16.7. The summed E-state index contributed by atoms with van der Waals surface area (Å²) >= 11 is 0. The van der Waals surface area contributed by atoms with E-state index in [1.165, 1.54) is 0 Å². The third kappa shape index (κ3) is 2.72. The van der Waals surface area contributed by atoms with Crippen molar-refractivity contribution in [1.29, 1.82) is 0 Å². The predicted octanol–water partition coefficient (Wildman–Crippen LogP) is 2.81. The normalized spacial score (nSPS) is 10.6. The lowest BCUT2D eigenvalue weighted by Crippen LogP contribution is -2.02. The smallest absolute Gasteiger partial charge is 0.188 e. The molecule has 0 amide bonds. The molecule has 18 heavy (non-hydrogen) atoms. The number of benzene rings is 2. The molecular formula is C14H16O4. The third-order valence-electron chi connectivity index (χ3n) is 2.49. The van der Waals surface area contributed by atoms with Crippen LogP contribution in [0.25, 0.3) is 10.8 Å². The standard InChI is InChI=1S/C14H16O4/c1-15-9-17-12-7-3-5-11-6-4-8-13(14(11)12)18-10-16-2/h3-8H,9-10H2,1-2H3. The minimum Gasteiger partial charge on any atom is -0.467 e. The Bertz CT molecular complexity index is 467. The van der Waals surface area contributed by atoms with Gasteiger partial charge >= 0.3 is 0 Å². The average molecular weight is 248 g/mol. The lowest BCUT2D eigenvalue weighted by Gasteiger charge is -2.12. The van der Waals surface area contributed by atoms with Gasteiger partial charge in [0.05, 0.1) is 5.39 Å². The lowest BCUT2D eigenvalue weighted by atomic mass is 10.1. The molecule has 2 aromatic carbocycles. The zero-order valence-electron chi connectivity index (χ0n) is 10.5. The molecule has 0 fully saturated rings. The van der Waals surface area contributed by atoms with Crippen LogP contribution in [0, 0.1) is 0 Å². The monoisotopic (exact) mass is 248 g/mol. The van der Waals surface area contributed by atoms with Crippen LogP contribution in [-0.2, 0) is 9.47 Å². The van der Waals surface area contributed by atoms with Crippen molar-refractivity contribution in [3.63, 3.8) is 0 Å². The Labute approximate surface area is 106 Å². The molecule has 0 atom stereocenters. The molecule has 4 nitrogen and oxygen atoms in total. The summed E-state index contributed by atoms with van der Waals surface area (Å²) in [5, 5.41) is 1.98. The Balaban J connectivity index is 2.42. The Kier molecular flexibility index (Phi) is 4.39. The van der Waals surface area contributed by atoms with E-state index in [9.17, 15) is 0 Å². The maximum atomic E-state index is 5.55. The van der Waals surface area contributed by atoms with Crippen LogP contribution in [0.2, 0.25) is 0 Å². The number of rotatable bonds is 6. The van der Waals surface area contributed by atoms with Crippen LogP contribution in [0.5, 0.6) is 11.5 Å². The number of methoxy groups -OCH3 is 2. The summed E-state index contributed by atoms with van der Waals surface area (Å²) in [6.07, 6.45) is 0. The summed E-state index contributed by atoms with van der Waals surface area (Å²) in [7, 11) is 3.18. The Morgan fingerprint density at radius 1 is 0.778 bits per heavy atom. The van der Waals surface area contributed by atoms with E-state index in [0.29, 0.717) is 0 Å². The number of hydrogen-bond donors (Lipinski definition) is 0. The van der Waals surface area contributed by atoms with E-state index < -0.39 is 0 Å². The van der Waals surface area contributed by atoms with Crippen LogP contribution >= 0.6 is 0 Å². The molecule has 0 radical (unpaired) electrons. The molecule has 0 saturated heterocycles. The fourth-order valence-electron chi connectivity index (χ4n) is 1.76. The quantitative estimate of drug-likeness (QED) is 0.737. The minimum absolute atomic E-state index is 0.206. The largest absolute Gasteiger partial charge is 0.467 e. The van der Waals surface area contributed by atoms with Crippen molar-refractivity contribution in [2.45, 2.75) is 0 Å². The second-order valence-electron chi connectivity index (χ2n) is 3.71. The minimum atomic E-state index is 0.206. The summed E-state index contributed by atoms with van der Waals surface area (Å²) in [6.45, 7) is 0.412. The second-order valence-corrected chi connectivity index (χ2v) is 3.71. The van der Waals surface area contributed by atoms with Gasteiger partial charge in [0.1, 0.15) is 11.5 Å². The lowest BCUT2D eigenvalue weighted by molar-refractivity contribution is 0.0485. The molecule has 0 heterocycles. The van der Waals surface area contributed by atoms with Crippen molar-refractivity contribution in [3.8, 4) is 11.5 Å². The van der Waals surface area contributed by atoms with Crippen LogP contribution in [0.3, 0.4) is 0 Å². The molecule has 0 N–H and O–H groups in total. The fraction of sp³-hybridized carbons (Fsp3) is 0.286. The molecule has 0 saturated carbocycles. The van der Waals surface area contributed by atoms with E-state index >= 15 is 0 Å². The topological polar surface area (TPSA) is 36.9 Å². The van der Waals surface area contributed by atoms with Gasteiger partial charge in [-0.2, -0.15) is 0 Å². The first-order valence-corrected chi connectivity index (χ1v) is 5.62. The Morgan fingerprint density at radius 3 is 1.72 bits per heavy atom. The molecule has 2 aromatic rings. The van der Waals surface area contributed by atoms with Gasteiger partial charge in [-0.25, -0.2) is 0 Å². The van der Waals surface area contributed by atoms with E-state index in [1.54, 1.807) is 14.2 Å². The number of fused-ring (bicyclic) bond motifs is 1. The SMILES string of the molecule is COCOc1cccc2cccc(OCOC)c12. The third-order valence-corrected chi connectivity index (χ3v) is 2.49. The maximum absolute atomic E-state index is 5.55. The Hall–Kier alpha value is -1.78. The average Bonchev–Trinajstić information content (AvgIpc) is 2.42. The molecule has 96 valence electrons. The van der Waals surface area contributed by atoms with Gasteiger partial charge in [0.2, 0.25) is 0 Å². The van der Waals surface area contributed by atoms with Gasteiger partial charge in [-0.3, -0.25) is 0 Å². The molecule has 2 rings (SSSR count). The highest BCUT2D eigenvalue weighted by Gasteiger charge is 2.08. The summed E-state index contributed by atoms with van der Waals surface area (Å²) in [6, 6.07) is 11.7. The second kappa shape index (κ2) is 6.23. The van der Waals surface area contributed by atoms with Gasteiger partial charge in [-0.15, -0.1) is 0 Å². The zero-order valence-corrected chi connectivity index (χ0v) is 10.5. The van der Waals surface area contributed by atoms with Gasteiger partial charge in [0, 0.05) is 14.2 Å². The molecule has 0 aliphatic heterocycles. The van der Waals surface area contributed by atoms with Crippen LogP contribution in [0.1, 0.15) is 0 Å². The van der Waals surface area contributed by atoms with E-state index in [4.69, 9.17) is 18.9 Å². The highest BCUT2D eigenvalue weighted by molar-refractivity contribution is 5.93. The predicted molar refractivity (Wildman–Crippen MR) is 69.0 cm³/mol. The molecule has 0 aliphatic rings. The first-order chi connectivity index (χ1) is 8.86. The summed E-state index contributed by atoms with van der Waals surface area (Å²) in [4.78, 5) is 0. The van der Waals surface area contributed by atoms with Gasteiger partial charge in [0.15, 0.2) is 13.6 Å². The Morgan fingerprint density at radius 2 is 1.28 bits per heavy atom. The summed E-state index contributed by atoms with van der Waals surface area (Å²) < 4.78 is 20.9. The molecule has 0 bridgehead atoms. The first-order valence-electron chi connectivity index (χ1n) is 5.62. The van der Waals surface area contributed by atoms with Gasteiger partial charge in [0.25, 0.3) is 0 Å². The van der Waals surface area contributed by atoms with Crippen molar-refractivity contribution in [2.75, 3.05) is 27.8 Å². The van der Waals surface area contributed by atoms with Crippen molar-refractivity contribution in [1.82, 2.24) is 0 Å². The zero-order chi connectivity index (χ0) is 12.8. The molecule has 0 aliphatic carbocycles. The van der Waals surface area contributed by atoms with Crippen molar-refractivity contribution < 1.29 is 18.9 Å². The number of ether oxygens (including phenoxy) is 4. The van der Waals surface area contributed by atoms with Crippen LogP contribution in [-0.4, -0.2) is 27.8 Å². The van der Waals surface area contributed by atoms with E-state index in [0.717, 1.165) is 22.3 Å². The highest BCUT2D eigenvalue weighted by Crippen LogP contribution is 2.33. The van der Waals surface area contributed by atoms with E-state index in [1.807, 2.05) is 36.4 Å². The fourth-order valence-corrected chi connectivity index (χ4v) is 1.76. The first kappa shape index (κ1) is 12.7. The van der Waals surface area contributed by atoms with E-state index in [2.05, 4.69) is 0 Å². The molecule has 0 aromatic heterocycles. The van der Waals surface area contributed by atoms with Crippen LogP contribution in [0.15, 0.2) is 36.4 Å². The van der Waals surface area contributed by atoms with Gasteiger partial charge in [-0.1, -0.05) is 24.3 Å². The van der Waals surface area contributed by atoms with Crippen molar-refractivity contribution in [3.05, 3.63) is 36.4 Å². The van der Waals surface area contributed by atoms with Crippen molar-refractivity contribution >= 4 is 10.8 Å². The van der Waals surface area contributed by atoms with Gasteiger partial charge < -0.3 is 18.9 Å². The van der Waals surface area contributed by atoms with Gasteiger partial charge in [-0.05, 0) is 17.5 Å². The summed E-state index contributed by atoms with van der Waals surface area (Å²) in [5.41, 5.74) is 0. The van der Waals surface area contributed by atoms with Crippen LogP contribution in [0.4, 0.5) is 0 Å². The summed E-state index contributed by atoms with van der Waals surface area (Å²) in [5.74, 6) is 1.47.